The molecule has 2 nitrogen and oxygen atoms in total. The van der Waals surface area contributed by atoms with Crippen LogP contribution in [0.25, 0.3) is 0 Å². The van der Waals surface area contributed by atoms with Gasteiger partial charge in [-0.25, -0.2) is 0 Å². The summed E-state index contributed by atoms with van der Waals surface area (Å²) >= 11 is 0. The summed E-state index contributed by atoms with van der Waals surface area (Å²) in [4.78, 5) is 10.3. The molecule has 2 heteroatoms. The lowest BCUT2D eigenvalue weighted by Gasteiger charge is -1.95. The predicted octanol–water partition coefficient (Wildman–Crippen LogP) is 1.21. The van der Waals surface area contributed by atoms with Crippen molar-refractivity contribution >= 4 is 6.29 Å². The van der Waals surface area contributed by atoms with Crippen LogP contribution in [0.5, 0.6) is 0 Å². The molecule has 0 spiro atoms. The highest BCUT2D eigenvalue weighted by Gasteiger charge is 1.98. The molecule has 0 amide bonds. The normalized spacial score (nSPS) is 8.64. The zero-order valence-corrected chi connectivity index (χ0v) is 5.87. The van der Waals surface area contributed by atoms with Crippen molar-refractivity contribution in [3.05, 3.63) is 35.4 Å². The van der Waals surface area contributed by atoms with Crippen molar-refractivity contribution < 1.29 is 4.79 Å². The lowest BCUT2D eigenvalue weighted by atomic mass is 10.1. The van der Waals surface area contributed by atoms with Crippen LogP contribution in [0.3, 0.4) is 0 Å². The van der Waals surface area contributed by atoms with Crippen LogP contribution in [0.4, 0.5) is 0 Å². The van der Waals surface area contributed by atoms with Crippen molar-refractivity contribution in [1.29, 1.82) is 5.26 Å². The van der Waals surface area contributed by atoms with Crippen molar-refractivity contribution in [2.45, 2.75) is 6.42 Å². The summed E-state index contributed by atoms with van der Waals surface area (Å²) in [6, 6.07) is 8.94. The van der Waals surface area contributed by atoms with Crippen LogP contribution in [-0.2, 0) is 11.2 Å². The number of carbonyl (C=O) groups excluding carboxylic acids is 1. The molecule has 0 aliphatic heterocycles. The molecule has 11 heavy (non-hydrogen) atoms. The van der Waals surface area contributed by atoms with Crippen LogP contribution in [0, 0.1) is 11.3 Å². The fourth-order valence-electron chi connectivity index (χ4n) is 0.859. The quantitative estimate of drug-likeness (QED) is 0.626. The molecule has 1 aromatic carbocycles. The van der Waals surface area contributed by atoms with E-state index in [2.05, 4.69) is 0 Å². The monoisotopic (exact) mass is 144 g/mol. The van der Waals surface area contributed by atoms with Gasteiger partial charge in [0.2, 0.25) is 6.29 Å². The van der Waals surface area contributed by atoms with Gasteiger partial charge in [0.25, 0.3) is 0 Å². The molecule has 0 saturated carbocycles. The van der Waals surface area contributed by atoms with Crippen LogP contribution in [0.2, 0.25) is 0 Å². The molecule has 0 fully saturated rings. The zero-order valence-electron chi connectivity index (χ0n) is 5.87. The Bertz CT molecular complexity index is 299. The molecule has 1 rings (SSSR count). The summed E-state index contributed by atoms with van der Waals surface area (Å²) in [5.74, 6) is 0. The fraction of sp³-hybridized carbons (Fsp3) is 0.111. The Labute approximate surface area is 65.1 Å². The van der Waals surface area contributed by atoms with Crippen LogP contribution in [0.15, 0.2) is 24.3 Å². The van der Waals surface area contributed by atoms with E-state index in [-0.39, 0.29) is 6.42 Å². The van der Waals surface area contributed by atoms with Crippen LogP contribution < -0.4 is 0 Å². The Morgan fingerprint density at radius 1 is 1.36 bits per heavy atom. The largest absolute Gasteiger partial charge is 0.285 e. The molecule has 0 bridgehead atoms. The van der Waals surface area contributed by atoms with Gasteiger partial charge in [0.1, 0.15) is 0 Å². The maximum atomic E-state index is 10.3. The van der Waals surface area contributed by atoms with Gasteiger partial charge in [-0.3, -0.25) is 4.79 Å². The summed E-state index contributed by atoms with van der Waals surface area (Å²) < 4.78 is 0. The number of benzene rings is 1. The van der Waals surface area contributed by atoms with E-state index in [1.54, 1.807) is 30.6 Å². The molecule has 0 atom stereocenters. The molecular formula is C9H6NO. The molecule has 0 aromatic heterocycles. The van der Waals surface area contributed by atoms with E-state index in [9.17, 15) is 4.79 Å². The van der Waals surface area contributed by atoms with Gasteiger partial charge in [-0.05, 0) is 5.56 Å². The third kappa shape index (κ3) is 1.65. The molecule has 1 radical (unpaired) electrons. The number of hydrogen-bond donors (Lipinski definition) is 0. The molecule has 0 N–H and O–H groups in total. The zero-order chi connectivity index (χ0) is 8.10. The second kappa shape index (κ2) is 3.52. The minimum Gasteiger partial charge on any atom is -0.285 e. The number of rotatable bonds is 2. The van der Waals surface area contributed by atoms with Crippen LogP contribution in [-0.4, -0.2) is 6.29 Å². The van der Waals surface area contributed by atoms with Crippen molar-refractivity contribution in [3.63, 3.8) is 0 Å². The Morgan fingerprint density at radius 2 is 2.09 bits per heavy atom. The smallest absolute Gasteiger partial charge is 0.233 e. The van der Waals surface area contributed by atoms with Gasteiger partial charge in [0.15, 0.2) is 0 Å². The SMILES string of the molecule is N#CCc1ccccc1[C]=O. The second-order valence-corrected chi connectivity index (χ2v) is 2.09. The van der Waals surface area contributed by atoms with Gasteiger partial charge in [-0.1, -0.05) is 24.3 Å². The predicted molar refractivity (Wildman–Crippen MR) is 40.6 cm³/mol. The maximum absolute atomic E-state index is 10.3. The Morgan fingerprint density at radius 3 is 2.73 bits per heavy atom. The van der Waals surface area contributed by atoms with Crippen molar-refractivity contribution in [2.24, 2.45) is 0 Å². The summed E-state index contributed by atoms with van der Waals surface area (Å²) in [7, 11) is 0. The van der Waals surface area contributed by atoms with Gasteiger partial charge in [0.05, 0.1) is 12.5 Å². The Kier molecular flexibility index (Phi) is 2.40. The lowest BCUT2D eigenvalue weighted by molar-refractivity contribution is 0.562. The van der Waals surface area contributed by atoms with Crippen molar-refractivity contribution in [2.75, 3.05) is 0 Å². The molecule has 53 valence electrons. The first-order chi connectivity index (χ1) is 5.38. The van der Waals surface area contributed by atoms with E-state index in [0.29, 0.717) is 5.56 Å². The first kappa shape index (κ1) is 7.49. The van der Waals surface area contributed by atoms with E-state index in [4.69, 9.17) is 5.26 Å². The van der Waals surface area contributed by atoms with Gasteiger partial charge in [-0.2, -0.15) is 5.26 Å². The number of hydrogen-bond acceptors (Lipinski definition) is 2. The molecule has 0 saturated heterocycles. The molecule has 0 aliphatic rings. The average Bonchev–Trinajstić information content (AvgIpc) is 2.06. The van der Waals surface area contributed by atoms with Crippen molar-refractivity contribution in [3.8, 4) is 6.07 Å². The Balaban J connectivity index is 3.04. The highest BCUT2D eigenvalue weighted by atomic mass is 16.1. The Hall–Kier alpha value is -1.62. The molecule has 1 aromatic rings. The molecular weight excluding hydrogens is 138 g/mol. The topological polar surface area (TPSA) is 40.9 Å². The summed E-state index contributed by atoms with van der Waals surface area (Å²) in [6.07, 6.45) is 2.05. The van der Waals surface area contributed by atoms with E-state index in [0.717, 1.165) is 5.56 Å². The highest BCUT2D eigenvalue weighted by Crippen LogP contribution is 2.05. The fourth-order valence-corrected chi connectivity index (χ4v) is 0.859. The summed E-state index contributed by atoms with van der Waals surface area (Å²) in [5, 5.41) is 8.36. The van der Waals surface area contributed by atoms with E-state index in [1.807, 2.05) is 6.07 Å². The number of nitrogens with zero attached hydrogens (tertiary/aromatic N) is 1. The van der Waals surface area contributed by atoms with E-state index < -0.39 is 0 Å². The third-order valence-electron chi connectivity index (χ3n) is 1.40. The molecule has 0 unspecified atom stereocenters. The van der Waals surface area contributed by atoms with Gasteiger partial charge < -0.3 is 0 Å². The number of nitriles is 1. The third-order valence-corrected chi connectivity index (χ3v) is 1.40. The minimum absolute atomic E-state index is 0.269. The van der Waals surface area contributed by atoms with Crippen LogP contribution in [0.1, 0.15) is 11.1 Å². The summed E-state index contributed by atoms with van der Waals surface area (Å²) in [5.41, 5.74) is 1.22. The van der Waals surface area contributed by atoms with E-state index >= 15 is 0 Å². The van der Waals surface area contributed by atoms with Crippen molar-refractivity contribution in [1.82, 2.24) is 0 Å². The van der Waals surface area contributed by atoms with Gasteiger partial charge in [-0.15, -0.1) is 0 Å². The summed E-state index contributed by atoms with van der Waals surface area (Å²) in [6.45, 7) is 0. The average molecular weight is 144 g/mol. The maximum Gasteiger partial charge on any atom is 0.233 e. The van der Waals surface area contributed by atoms with Gasteiger partial charge >= 0.3 is 0 Å². The first-order valence-electron chi connectivity index (χ1n) is 3.21. The van der Waals surface area contributed by atoms with Gasteiger partial charge in [0, 0.05) is 5.56 Å². The minimum atomic E-state index is 0.269. The van der Waals surface area contributed by atoms with Crippen LogP contribution >= 0.6 is 0 Å². The molecule has 0 aliphatic carbocycles. The second-order valence-electron chi connectivity index (χ2n) is 2.09. The highest BCUT2D eigenvalue weighted by molar-refractivity contribution is 5.77. The van der Waals surface area contributed by atoms with E-state index in [1.165, 1.54) is 0 Å². The standard InChI is InChI=1S/C9H6NO/c10-6-5-8-3-1-2-4-9(8)7-11/h1-4H,5H2. The molecule has 0 heterocycles. The first-order valence-corrected chi connectivity index (χ1v) is 3.21. The lowest BCUT2D eigenvalue weighted by Crippen LogP contribution is -1.89.